The van der Waals surface area contributed by atoms with Gasteiger partial charge < -0.3 is 4.90 Å². The van der Waals surface area contributed by atoms with Crippen LogP contribution in [0.25, 0.3) is 0 Å². The third-order valence-corrected chi connectivity index (χ3v) is 1.57. The molecule has 0 amide bonds. The van der Waals surface area contributed by atoms with Crippen molar-refractivity contribution in [1.29, 1.82) is 5.26 Å². The Morgan fingerprint density at radius 3 is 2.22 bits per heavy atom. The summed E-state index contributed by atoms with van der Waals surface area (Å²) >= 11 is 4.72. The zero-order valence-electron chi connectivity index (χ0n) is 5.88. The molecule has 0 unspecified atom stereocenters. The molecule has 0 aromatic heterocycles. The summed E-state index contributed by atoms with van der Waals surface area (Å²) in [5.41, 5.74) is 0. The first kappa shape index (κ1) is 8.38. The Morgan fingerprint density at radius 1 is 1.67 bits per heavy atom. The van der Waals surface area contributed by atoms with E-state index in [1.54, 1.807) is 4.90 Å². The molecule has 0 heterocycles. The summed E-state index contributed by atoms with van der Waals surface area (Å²) in [6.07, 6.45) is 0. The van der Waals surface area contributed by atoms with E-state index in [2.05, 4.69) is 0 Å². The van der Waals surface area contributed by atoms with Gasteiger partial charge in [-0.05, 0) is 26.1 Å². The minimum absolute atomic E-state index is 0.317. The molecule has 0 atom stereocenters. The normalized spacial score (nSPS) is 8.78. The van der Waals surface area contributed by atoms with E-state index in [1.165, 1.54) is 0 Å². The zero-order chi connectivity index (χ0) is 7.44. The summed E-state index contributed by atoms with van der Waals surface area (Å²) in [6.45, 7) is 3.98. The second kappa shape index (κ2) is 3.41. The van der Waals surface area contributed by atoms with Crippen molar-refractivity contribution < 1.29 is 0 Å². The molecule has 0 fully saturated rings. The van der Waals surface area contributed by atoms with Crippen molar-refractivity contribution in [2.45, 2.75) is 19.9 Å². The first-order valence-electron chi connectivity index (χ1n) is 2.76. The largest absolute Gasteiger partial charge is 0.355 e. The molecule has 0 radical (unpaired) electrons. The molecule has 0 saturated heterocycles. The Labute approximate surface area is 61.1 Å². The van der Waals surface area contributed by atoms with Crippen molar-refractivity contribution in [2.24, 2.45) is 0 Å². The maximum Gasteiger partial charge on any atom is 0.180 e. The molecule has 0 saturated carbocycles. The van der Waals surface area contributed by atoms with Gasteiger partial charge in [-0.3, -0.25) is 0 Å². The van der Waals surface area contributed by atoms with Gasteiger partial charge in [-0.25, -0.2) is 0 Å². The number of thiocarbonyl (C=S) groups is 1. The number of hydrogen-bond donors (Lipinski definition) is 0. The van der Waals surface area contributed by atoms with E-state index < -0.39 is 0 Å². The van der Waals surface area contributed by atoms with Crippen LogP contribution >= 0.6 is 12.2 Å². The molecule has 0 spiro atoms. The van der Waals surface area contributed by atoms with Crippen LogP contribution in [0.3, 0.4) is 0 Å². The highest BCUT2D eigenvalue weighted by atomic mass is 32.1. The van der Waals surface area contributed by atoms with Gasteiger partial charge in [-0.15, -0.1) is 0 Å². The van der Waals surface area contributed by atoms with Crippen LogP contribution in [0.15, 0.2) is 0 Å². The SMILES string of the molecule is CC(C)N(C)C(=S)C#N. The number of hydrogen-bond acceptors (Lipinski definition) is 2. The molecule has 0 aromatic carbocycles. The Morgan fingerprint density at radius 2 is 2.11 bits per heavy atom. The van der Waals surface area contributed by atoms with Gasteiger partial charge in [0.25, 0.3) is 0 Å². The number of nitrogens with zero attached hydrogens (tertiary/aromatic N) is 2. The standard InChI is InChI=1S/C6H10N2S/c1-5(2)8(3)6(9)4-7/h5H,1-3H3. The summed E-state index contributed by atoms with van der Waals surface area (Å²) in [4.78, 5) is 2.11. The lowest BCUT2D eigenvalue weighted by Gasteiger charge is -2.19. The fraction of sp³-hybridized carbons (Fsp3) is 0.667. The van der Waals surface area contributed by atoms with E-state index in [4.69, 9.17) is 17.5 Å². The van der Waals surface area contributed by atoms with E-state index in [0.717, 1.165) is 0 Å². The summed E-state index contributed by atoms with van der Waals surface area (Å²) in [7, 11) is 1.82. The quantitative estimate of drug-likeness (QED) is 0.514. The molecule has 9 heavy (non-hydrogen) atoms. The minimum atomic E-state index is 0.317. The average molecular weight is 142 g/mol. The zero-order valence-corrected chi connectivity index (χ0v) is 6.70. The molecule has 0 aliphatic rings. The van der Waals surface area contributed by atoms with Gasteiger partial charge in [-0.2, -0.15) is 5.26 Å². The number of nitriles is 1. The highest BCUT2D eigenvalue weighted by Gasteiger charge is 2.04. The van der Waals surface area contributed by atoms with Crippen molar-refractivity contribution >= 4 is 17.2 Å². The van der Waals surface area contributed by atoms with Gasteiger partial charge in [0.2, 0.25) is 0 Å². The van der Waals surface area contributed by atoms with Gasteiger partial charge >= 0.3 is 0 Å². The summed E-state index contributed by atoms with van der Waals surface area (Å²) in [5.74, 6) is 0. The van der Waals surface area contributed by atoms with Gasteiger partial charge in [0.1, 0.15) is 6.07 Å². The Bertz CT molecular complexity index is 146. The molecule has 0 aliphatic carbocycles. The molecular weight excluding hydrogens is 132 g/mol. The topological polar surface area (TPSA) is 27.0 Å². The summed E-state index contributed by atoms with van der Waals surface area (Å²) in [6, 6.07) is 2.22. The van der Waals surface area contributed by atoms with Crippen molar-refractivity contribution in [2.75, 3.05) is 7.05 Å². The van der Waals surface area contributed by atoms with E-state index in [-0.39, 0.29) is 0 Å². The summed E-state index contributed by atoms with van der Waals surface area (Å²) in [5, 5.41) is 8.32. The molecule has 50 valence electrons. The van der Waals surface area contributed by atoms with Crippen LogP contribution in [0, 0.1) is 11.3 Å². The lowest BCUT2D eigenvalue weighted by atomic mass is 10.3. The predicted octanol–water partition coefficient (Wildman–Crippen LogP) is 1.18. The highest BCUT2D eigenvalue weighted by Crippen LogP contribution is 1.94. The van der Waals surface area contributed by atoms with Gasteiger partial charge in [0, 0.05) is 13.1 Å². The Hall–Kier alpha value is -0.620. The third kappa shape index (κ3) is 2.43. The van der Waals surface area contributed by atoms with Crippen LogP contribution in [-0.4, -0.2) is 23.0 Å². The van der Waals surface area contributed by atoms with Crippen LogP contribution in [0.5, 0.6) is 0 Å². The van der Waals surface area contributed by atoms with Gasteiger partial charge in [-0.1, -0.05) is 0 Å². The average Bonchev–Trinajstić information content (AvgIpc) is 1.84. The van der Waals surface area contributed by atoms with Crippen molar-refractivity contribution in [3.8, 4) is 6.07 Å². The fourth-order valence-corrected chi connectivity index (χ4v) is 0.524. The molecule has 0 bridgehead atoms. The molecule has 0 N–H and O–H groups in total. The molecule has 2 nitrogen and oxygen atoms in total. The Kier molecular flexibility index (Phi) is 3.18. The van der Waals surface area contributed by atoms with E-state index >= 15 is 0 Å². The fourth-order valence-electron chi connectivity index (χ4n) is 0.313. The smallest absolute Gasteiger partial charge is 0.180 e. The first-order valence-corrected chi connectivity index (χ1v) is 3.17. The van der Waals surface area contributed by atoms with Crippen LogP contribution in [0.2, 0.25) is 0 Å². The van der Waals surface area contributed by atoms with Gasteiger partial charge in [0.15, 0.2) is 4.99 Å². The molecule has 0 rings (SSSR count). The maximum absolute atomic E-state index is 8.32. The van der Waals surface area contributed by atoms with Crippen LogP contribution in [0.4, 0.5) is 0 Å². The number of rotatable bonds is 1. The van der Waals surface area contributed by atoms with E-state index in [1.807, 2.05) is 27.0 Å². The third-order valence-electron chi connectivity index (χ3n) is 1.19. The second-order valence-electron chi connectivity index (χ2n) is 2.12. The van der Waals surface area contributed by atoms with Crippen molar-refractivity contribution in [3.63, 3.8) is 0 Å². The highest BCUT2D eigenvalue weighted by molar-refractivity contribution is 7.80. The molecule has 3 heteroatoms. The van der Waals surface area contributed by atoms with Crippen molar-refractivity contribution in [3.05, 3.63) is 0 Å². The molecular formula is C6H10N2S. The lowest BCUT2D eigenvalue weighted by Crippen LogP contribution is -2.30. The monoisotopic (exact) mass is 142 g/mol. The summed E-state index contributed by atoms with van der Waals surface area (Å²) < 4.78 is 0. The molecule has 0 aromatic rings. The minimum Gasteiger partial charge on any atom is -0.355 e. The Balaban J connectivity index is 3.92. The van der Waals surface area contributed by atoms with Crippen molar-refractivity contribution in [1.82, 2.24) is 4.90 Å². The van der Waals surface area contributed by atoms with Crippen LogP contribution < -0.4 is 0 Å². The predicted molar refractivity (Wildman–Crippen MR) is 41.1 cm³/mol. The van der Waals surface area contributed by atoms with E-state index in [0.29, 0.717) is 11.0 Å². The van der Waals surface area contributed by atoms with E-state index in [9.17, 15) is 0 Å². The van der Waals surface area contributed by atoms with Gasteiger partial charge in [0.05, 0.1) is 0 Å². The molecule has 0 aliphatic heterocycles. The maximum atomic E-state index is 8.32. The first-order chi connectivity index (χ1) is 4.09. The van der Waals surface area contributed by atoms with Crippen LogP contribution in [0.1, 0.15) is 13.8 Å². The lowest BCUT2D eigenvalue weighted by molar-refractivity contribution is 0.427. The van der Waals surface area contributed by atoms with Crippen LogP contribution in [-0.2, 0) is 0 Å². The second-order valence-corrected chi connectivity index (χ2v) is 2.51.